The van der Waals surface area contributed by atoms with Gasteiger partial charge in [0.25, 0.3) is 0 Å². The minimum atomic E-state index is -0.374. The average Bonchev–Trinajstić information content (AvgIpc) is 3.01. The Morgan fingerprint density at radius 1 is 1.11 bits per heavy atom. The summed E-state index contributed by atoms with van der Waals surface area (Å²) in [7, 11) is 0. The number of carbonyl (C=O) groups is 1. The van der Waals surface area contributed by atoms with Gasteiger partial charge in [-0.1, -0.05) is 38.8 Å². The number of benzene rings is 2. The molecule has 0 radical (unpaired) electrons. The van der Waals surface area contributed by atoms with Gasteiger partial charge in [0.05, 0.1) is 12.3 Å². The van der Waals surface area contributed by atoms with Gasteiger partial charge in [-0.25, -0.2) is 18.6 Å². The number of carbonyl (C=O) groups excluding carboxylic acids is 1. The highest BCUT2D eigenvalue weighted by molar-refractivity contribution is 6.07. The fraction of sp³-hybridized carbons (Fsp3) is 0.333. The Kier molecular flexibility index (Phi) is 5.54. The summed E-state index contributed by atoms with van der Waals surface area (Å²) in [5.41, 5.74) is 1.79. The molecule has 142 valence electrons. The summed E-state index contributed by atoms with van der Waals surface area (Å²) in [6, 6.07) is 11.4. The minimum absolute atomic E-state index is 0.307. The smallest absolute Gasteiger partial charge is 0.306 e. The lowest BCUT2D eigenvalue weighted by Crippen LogP contribution is -2.35. The molecule has 1 aliphatic heterocycles. The van der Waals surface area contributed by atoms with Crippen LogP contribution in [0.5, 0.6) is 0 Å². The Bertz CT molecular complexity index is 834. The van der Waals surface area contributed by atoms with Crippen molar-refractivity contribution in [3.8, 4) is 0 Å². The van der Waals surface area contributed by atoms with E-state index in [-0.39, 0.29) is 23.1 Å². The highest BCUT2D eigenvalue weighted by Gasteiger charge is 2.40. The number of hydrogen-bond acceptors (Lipinski definition) is 2. The number of anilines is 1. The van der Waals surface area contributed by atoms with Crippen molar-refractivity contribution >= 4 is 17.4 Å². The lowest BCUT2D eigenvalue weighted by atomic mass is 9.78. The zero-order valence-electron chi connectivity index (χ0n) is 15.5. The number of urea groups is 1. The Morgan fingerprint density at radius 3 is 2.30 bits per heavy atom. The number of rotatable bonds is 5. The van der Waals surface area contributed by atoms with Gasteiger partial charge in [0.1, 0.15) is 11.6 Å². The summed E-state index contributed by atoms with van der Waals surface area (Å²) >= 11 is 0. The number of nitrogens with one attached hydrogen (secondary N) is 1. The van der Waals surface area contributed by atoms with E-state index in [9.17, 15) is 13.6 Å². The largest absolute Gasteiger partial charge is 0.342 e. The van der Waals surface area contributed by atoms with Crippen LogP contribution < -0.4 is 5.32 Å². The Balaban J connectivity index is 1.84. The molecule has 4 nitrogen and oxygen atoms in total. The van der Waals surface area contributed by atoms with Gasteiger partial charge >= 0.3 is 6.03 Å². The second-order valence-electron chi connectivity index (χ2n) is 7.11. The van der Waals surface area contributed by atoms with Crippen molar-refractivity contribution in [2.24, 2.45) is 10.5 Å². The van der Waals surface area contributed by atoms with E-state index in [1.807, 2.05) is 0 Å². The molecule has 1 atom stereocenters. The van der Waals surface area contributed by atoms with E-state index in [2.05, 4.69) is 24.3 Å². The quantitative estimate of drug-likeness (QED) is 0.750. The lowest BCUT2D eigenvalue weighted by molar-refractivity contribution is 0.206. The summed E-state index contributed by atoms with van der Waals surface area (Å²) in [5.74, 6) is -0.670. The second-order valence-corrected chi connectivity index (χ2v) is 7.11. The van der Waals surface area contributed by atoms with Gasteiger partial charge in [-0.15, -0.1) is 0 Å². The summed E-state index contributed by atoms with van der Waals surface area (Å²) in [6.07, 6.45) is 2.91. The van der Waals surface area contributed by atoms with E-state index in [4.69, 9.17) is 0 Å². The molecule has 0 spiro atoms. The molecule has 27 heavy (non-hydrogen) atoms. The molecule has 2 aromatic carbocycles. The second kappa shape index (κ2) is 7.86. The minimum Gasteiger partial charge on any atom is -0.306 e. The van der Waals surface area contributed by atoms with Crippen LogP contribution >= 0.6 is 0 Å². The number of amides is 2. The van der Waals surface area contributed by atoms with Crippen molar-refractivity contribution in [1.82, 2.24) is 5.01 Å². The van der Waals surface area contributed by atoms with Crippen molar-refractivity contribution in [1.29, 1.82) is 0 Å². The first-order chi connectivity index (χ1) is 12.9. The van der Waals surface area contributed by atoms with Crippen LogP contribution in [0.3, 0.4) is 0 Å². The molecule has 0 aliphatic carbocycles. The monoisotopic (exact) mass is 371 g/mol. The molecule has 2 aromatic rings. The third kappa shape index (κ3) is 4.32. The molecule has 2 amide bonds. The number of hydrogen-bond donors (Lipinski definition) is 1. The normalized spacial score (nSPS) is 19.1. The first kappa shape index (κ1) is 19.0. The van der Waals surface area contributed by atoms with Gasteiger partial charge in [0.2, 0.25) is 0 Å². The fourth-order valence-electron chi connectivity index (χ4n) is 3.30. The predicted molar refractivity (Wildman–Crippen MR) is 103 cm³/mol. The van der Waals surface area contributed by atoms with Crippen molar-refractivity contribution in [3.63, 3.8) is 0 Å². The molecular formula is C21H23F2N3O. The SMILES string of the molecule is CCCCC1(C)CN(C(=O)Nc2ccc(F)cc2)N=C1c1ccc(F)cc1. The zero-order valence-corrected chi connectivity index (χ0v) is 15.5. The van der Waals surface area contributed by atoms with E-state index in [1.165, 1.54) is 41.4 Å². The molecule has 0 saturated heterocycles. The van der Waals surface area contributed by atoms with Gasteiger partial charge in [0.15, 0.2) is 0 Å². The fourth-order valence-corrected chi connectivity index (χ4v) is 3.30. The molecule has 0 saturated carbocycles. The summed E-state index contributed by atoms with van der Waals surface area (Å²) in [4.78, 5) is 12.6. The van der Waals surface area contributed by atoms with Crippen molar-refractivity contribution in [3.05, 3.63) is 65.7 Å². The first-order valence-electron chi connectivity index (χ1n) is 9.10. The molecule has 0 bridgehead atoms. The zero-order chi connectivity index (χ0) is 19.4. The highest BCUT2D eigenvalue weighted by atomic mass is 19.1. The Labute approximate surface area is 157 Å². The van der Waals surface area contributed by atoms with Gasteiger partial charge in [-0.2, -0.15) is 5.10 Å². The molecule has 1 unspecified atom stereocenters. The third-order valence-corrected chi connectivity index (χ3v) is 4.82. The number of hydrazone groups is 1. The first-order valence-corrected chi connectivity index (χ1v) is 9.10. The van der Waals surface area contributed by atoms with Gasteiger partial charge in [-0.05, 0) is 48.4 Å². The summed E-state index contributed by atoms with van der Waals surface area (Å²) in [5, 5.41) is 8.69. The molecule has 1 aliphatic rings. The van der Waals surface area contributed by atoms with Crippen molar-refractivity contribution in [2.75, 3.05) is 11.9 Å². The number of unbranched alkanes of at least 4 members (excludes halogenated alkanes) is 1. The number of halogens is 2. The molecule has 1 heterocycles. The standard InChI is InChI=1S/C21H23F2N3O/c1-3-4-13-21(2)14-26(20(27)24-18-11-9-17(23)10-12-18)25-19(21)15-5-7-16(22)8-6-15/h5-12H,3-4,13-14H2,1-2H3,(H,24,27). The van der Waals surface area contributed by atoms with E-state index in [0.29, 0.717) is 12.2 Å². The van der Waals surface area contributed by atoms with Crippen LogP contribution in [0.1, 0.15) is 38.7 Å². The van der Waals surface area contributed by atoms with Crippen LogP contribution in [-0.4, -0.2) is 23.3 Å². The van der Waals surface area contributed by atoms with E-state index < -0.39 is 0 Å². The van der Waals surface area contributed by atoms with Crippen molar-refractivity contribution < 1.29 is 13.6 Å². The maximum atomic E-state index is 13.3. The van der Waals surface area contributed by atoms with Gasteiger partial charge in [-0.3, -0.25) is 0 Å². The Morgan fingerprint density at radius 2 is 1.70 bits per heavy atom. The number of nitrogens with zero attached hydrogens (tertiary/aromatic N) is 2. The van der Waals surface area contributed by atoms with Crippen LogP contribution in [-0.2, 0) is 0 Å². The summed E-state index contributed by atoms with van der Waals surface area (Å²) in [6.45, 7) is 4.63. The van der Waals surface area contributed by atoms with E-state index in [1.54, 1.807) is 12.1 Å². The third-order valence-electron chi connectivity index (χ3n) is 4.82. The topological polar surface area (TPSA) is 44.7 Å². The van der Waals surface area contributed by atoms with Crippen LogP contribution in [0.15, 0.2) is 53.6 Å². The van der Waals surface area contributed by atoms with Gasteiger partial charge < -0.3 is 5.32 Å². The molecule has 1 N–H and O–H groups in total. The van der Waals surface area contributed by atoms with Gasteiger partial charge in [0, 0.05) is 11.1 Å². The molecular weight excluding hydrogens is 348 g/mol. The lowest BCUT2D eigenvalue weighted by Gasteiger charge is -2.26. The van der Waals surface area contributed by atoms with Crippen LogP contribution in [0.4, 0.5) is 19.3 Å². The molecule has 0 fully saturated rings. The van der Waals surface area contributed by atoms with E-state index >= 15 is 0 Å². The maximum absolute atomic E-state index is 13.3. The van der Waals surface area contributed by atoms with E-state index in [0.717, 1.165) is 30.5 Å². The average molecular weight is 371 g/mol. The van der Waals surface area contributed by atoms with Crippen LogP contribution in [0, 0.1) is 17.0 Å². The molecule has 6 heteroatoms. The maximum Gasteiger partial charge on any atom is 0.342 e. The molecule has 3 rings (SSSR count). The van der Waals surface area contributed by atoms with Crippen molar-refractivity contribution in [2.45, 2.75) is 33.1 Å². The predicted octanol–water partition coefficient (Wildman–Crippen LogP) is 5.41. The highest BCUT2D eigenvalue weighted by Crippen LogP contribution is 2.36. The van der Waals surface area contributed by atoms with Crippen LogP contribution in [0.25, 0.3) is 0 Å². The summed E-state index contributed by atoms with van der Waals surface area (Å²) < 4.78 is 26.3. The molecule has 0 aromatic heterocycles. The Hall–Kier alpha value is -2.76. The van der Waals surface area contributed by atoms with Crippen LogP contribution in [0.2, 0.25) is 0 Å².